The van der Waals surface area contributed by atoms with E-state index >= 15 is 0 Å². The zero-order valence-electron chi connectivity index (χ0n) is 17.8. The van der Waals surface area contributed by atoms with Crippen LogP contribution in [-0.2, 0) is 21.5 Å². The minimum absolute atomic E-state index is 0.143. The molecule has 1 atom stereocenters. The van der Waals surface area contributed by atoms with E-state index in [2.05, 4.69) is 10.1 Å². The van der Waals surface area contributed by atoms with Crippen molar-refractivity contribution in [3.63, 3.8) is 0 Å². The van der Waals surface area contributed by atoms with Crippen LogP contribution in [0.1, 0.15) is 68.4 Å². The summed E-state index contributed by atoms with van der Waals surface area (Å²) >= 11 is 0. The lowest BCUT2D eigenvalue weighted by Crippen LogP contribution is -2.50. The van der Waals surface area contributed by atoms with E-state index in [1.54, 1.807) is 6.20 Å². The van der Waals surface area contributed by atoms with Gasteiger partial charge in [-0.3, -0.25) is 4.79 Å². The van der Waals surface area contributed by atoms with Gasteiger partial charge in [0.1, 0.15) is 12.4 Å². The molecule has 2 saturated heterocycles. The Balaban J connectivity index is 1.36. The normalized spacial score (nSPS) is 25.6. The highest BCUT2D eigenvalue weighted by Crippen LogP contribution is 2.46. The third-order valence-electron chi connectivity index (χ3n) is 7.02. The maximum atomic E-state index is 13.1. The van der Waals surface area contributed by atoms with Gasteiger partial charge < -0.3 is 18.7 Å². The first-order valence-electron chi connectivity index (χ1n) is 11.3. The summed E-state index contributed by atoms with van der Waals surface area (Å²) in [7, 11) is 0. The number of nitrogens with zero attached hydrogens (tertiary/aromatic N) is 5. The first-order valence-corrected chi connectivity index (χ1v) is 11.3. The Bertz CT molecular complexity index is 883. The fourth-order valence-electron chi connectivity index (χ4n) is 5.04. The van der Waals surface area contributed by atoms with Crippen LogP contribution >= 0.6 is 0 Å². The van der Waals surface area contributed by atoms with Crippen molar-refractivity contribution in [2.45, 2.75) is 69.7 Å². The lowest BCUT2D eigenvalue weighted by Gasteiger charge is -2.41. The maximum Gasteiger partial charge on any atom is 0.242 e. The Hall–Kier alpha value is -2.22. The number of aromatic nitrogens is 4. The molecule has 8 nitrogen and oxygen atoms in total. The second-order valence-corrected chi connectivity index (χ2v) is 9.29. The molecule has 30 heavy (non-hydrogen) atoms. The summed E-state index contributed by atoms with van der Waals surface area (Å²) in [6, 6.07) is 0. The molecule has 3 aliphatic rings. The molecule has 1 amide bonds. The van der Waals surface area contributed by atoms with Crippen LogP contribution in [0.15, 0.2) is 16.9 Å². The smallest absolute Gasteiger partial charge is 0.242 e. The van der Waals surface area contributed by atoms with Gasteiger partial charge in [-0.05, 0) is 44.9 Å². The number of ether oxygens (including phenoxy) is 1. The van der Waals surface area contributed by atoms with Crippen molar-refractivity contribution in [3.8, 4) is 0 Å². The van der Waals surface area contributed by atoms with Crippen molar-refractivity contribution in [3.05, 3.63) is 29.9 Å². The Labute approximate surface area is 177 Å². The van der Waals surface area contributed by atoms with Crippen molar-refractivity contribution < 1.29 is 14.1 Å². The molecule has 8 heteroatoms. The molecule has 3 fully saturated rings. The summed E-state index contributed by atoms with van der Waals surface area (Å²) in [5, 5.41) is 4.47. The van der Waals surface area contributed by atoms with Crippen molar-refractivity contribution in [2.75, 3.05) is 26.3 Å². The van der Waals surface area contributed by atoms with Crippen molar-refractivity contribution in [2.24, 2.45) is 5.92 Å². The van der Waals surface area contributed by atoms with Gasteiger partial charge in [0.25, 0.3) is 0 Å². The molecule has 0 radical (unpaired) electrons. The van der Waals surface area contributed by atoms with E-state index in [9.17, 15) is 4.79 Å². The van der Waals surface area contributed by atoms with Gasteiger partial charge in [-0.25, -0.2) is 4.98 Å². The van der Waals surface area contributed by atoms with Crippen LogP contribution in [0.4, 0.5) is 0 Å². The average Bonchev–Trinajstić information content (AvgIpc) is 3.26. The summed E-state index contributed by atoms with van der Waals surface area (Å²) < 4.78 is 13.1. The topological polar surface area (TPSA) is 86.3 Å². The average molecular weight is 414 g/mol. The number of amides is 1. The van der Waals surface area contributed by atoms with Gasteiger partial charge in [-0.1, -0.05) is 18.0 Å². The zero-order valence-corrected chi connectivity index (χ0v) is 17.8. The van der Waals surface area contributed by atoms with Gasteiger partial charge in [-0.15, -0.1) is 0 Å². The SMILES string of the molecule is Cc1nccn1CC(=O)N1CCCC(CC2CC2)(c2noc(C3CCOCC3)n2)C1. The Kier molecular flexibility index (Phi) is 5.35. The maximum absolute atomic E-state index is 13.1. The van der Waals surface area contributed by atoms with E-state index in [0.29, 0.717) is 19.0 Å². The third-order valence-corrected chi connectivity index (χ3v) is 7.02. The fraction of sp³-hybridized carbons (Fsp3) is 0.727. The van der Waals surface area contributed by atoms with E-state index in [0.717, 1.165) is 75.3 Å². The lowest BCUT2D eigenvalue weighted by molar-refractivity contribution is -0.134. The molecule has 2 aromatic heterocycles. The van der Waals surface area contributed by atoms with Gasteiger partial charge in [0.15, 0.2) is 5.82 Å². The second kappa shape index (κ2) is 8.13. The van der Waals surface area contributed by atoms with Crippen LogP contribution in [0.5, 0.6) is 0 Å². The first-order chi connectivity index (χ1) is 14.6. The third kappa shape index (κ3) is 4.02. The first kappa shape index (κ1) is 19.7. The van der Waals surface area contributed by atoms with E-state index in [-0.39, 0.29) is 11.3 Å². The molecular weight excluding hydrogens is 382 g/mol. The molecular formula is C22H31N5O3. The van der Waals surface area contributed by atoms with Crippen LogP contribution < -0.4 is 0 Å². The Morgan fingerprint density at radius 2 is 2.10 bits per heavy atom. The molecule has 1 aliphatic carbocycles. The predicted octanol–water partition coefficient (Wildman–Crippen LogP) is 2.83. The number of carbonyl (C=O) groups is 1. The molecule has 4 heterocycles. The molecule has 1 saturated carbocycles. The van der Waals surface area contributed by atoms with Gasteiger partial charge in [-0.2, -0.15) is 4.98 Å². The van der Waals surface area contributed by atoms with E-state index < -0.39 is 0 Å². The quantitative estimate of drug-likeness (QED) is 0.724. The van der Waals surface area contributed by atoms with Crippen LogP contribution in [0, 0.1) is 12.8 Å². The monoisotopic (exact) mass is 413 g/mol. The molecule has 5 rings (SSSR count). The number of hydrogen-bond donors (Lipinski definition) is 0. The van der Waals surface area contributed by atoms with Gasteiger partial charge >= 0.3 is 0 Å². The Morgan fingerprint density at radius 1 is 1.27 bits per heavy atom. The number of hydrogen-bond acceptors (Lipinski definition) is 6. The fourth-order valence-corrected chi connectivity index (χ4v) is 5.04. The summed E-state index contributed by atoms with van der Waals surface area (Å²) in [5.41, 5.74) is -0.189. The highest BCUT2D eigenvalue weighted by molar-refractivity contribution is 5.76. The number of likely N-dealkylation sites (tertiary alicyclic amines) is 1. The summed E-state index contributed by atoms with van der Waals surface area (Å²) in [5.74, 6) is 3.59. The predicted molar refractivity (Wildman–Crippen MR) is 109 cm³/mol. The molecule has 0 spiro atoms. The highest BCUT2D eigenvalue weighted by Gasteiger charge is 2.46. The molecule has 2 aliphatic heterocycles. The van der Waals surface area contributed by atoms with Crippen LogP contribution in [0.3, 0.4) is 0 Å². The van der Waals surface area contributed by atoms with E-state index in [1.807, 2.05) is 22.6 Å². The molecule has 0 N–H and O–H groups in total. The van der Waals surface area contributed by atoms with Crippen LogP contribution in [-0.4, -0.2) is 56.8 Å². The Morgan fingerprint density at radius 3 is 2.83 bits per heavy atom. The van der Waals surface area contributed by atoms with Gasteiger partial charge in [0.2, 0.25) is 11.8 Å². The molecule has 1 unspecified atom stereocenters. The molecule has 162 valence electrons. The minimum atomic E-state index is -0.189. The van der Waals surface area contributed by atoms with E-state index in [1.165, 1.54) is 12.8 Å². The largest absolute Gasteiger partial charge is 0.381 e. The zero-order chi connectivity index (χ0) is 20.6. The van der Waals surface area contributed by atoms with Crippen LogP contribution in [0.25, 0.3) is 0 Å². The summed E-state index contributed by atoms with van der Waals surface area (Å²) in [4.78, 5) is 24.2. The van der Waals surface area contributed by atoms with Crippen LogP contribution in [0.2, 0.25) is 0 Å². The van der Waals surface area contributed by atoms with Crippen molar-refractivity contribution >= 4 is 5.91 Å². The molecule has 2 aromatic rings. The standard InChI is InChI=1S/C22H31N5O3/c1-16-23-8-10-26(16)14-19(28)27-9-2-7-22(15-27,13-17-3-4-17)21-24-20(30-25-21)18-5-11-29-12-6-18/h8,10,17-18H,2-7,9,11-15H2,1H3. The lowest BCUT2D eigenvalue weighted by atomic mass is 9.74. The number of aryl methyl sites for hydroxylation is 1. The minimum Gasteiger partial charge on any atom is -0.381 e. The van der Waals surface area contributed by atoms with Crippen molar-refractivity contribution in [1.82, 2.24) is 24.6 Å². The van der Waals surface area contributed by atoms with E-state index in [4.69, 9.17) is 14.2 Å². The number of carbonyl (C=O) groups excluding carboxylic acids is 1. The number of rotatable bonds is 6. The molecule has 0 aromatic carbocycles. The number of piperidine rings is 1. The highest BCUT2D eigenvalue weighted by atomic mass is 16.5. The molecule has 0 bridgehead atoms. The summed E-state index contributed by atoms with van der Waals surface area (Å²) in [6.07, 6.45) is 11.1. The second-order valence-electron chi connectivity index (χ2n) is 9.29. The number of imidazole rings is 1. The van der Waals surface area contributed by atoms with Gasteiger partial charge in [0.05, 0.1) is 5.41 Å². The summed E-state index contributed by atoms with van der Waals surface area (Å²) in [6.45, 7) is 5.26. The van der Waals surface area contributed by atoms with Crippen molar-refractivity contribution in [1.29, 1.82) is 0 Å². The van der Waals surface area contributed by atoms with Gasteiger partial charge in [0, 0.05) is 44.6 Å².